The Morgan fingerprint density at radius 1 is 1.23 bits per heavy atom. The van der Waals surface area contributed by atoms with E-state index in [0.717, 1.165) is 58.0 Å². The zero-order valence-corrected chi connectivity index (χ0v) is 13.9. The van der Waals surface area contributed by atoms with Gasteiger partial charge in [-0.3, -0.25) is 14.1 Å². The number of amides is 1. The van der Waals surface area contributed by atoms with Gasteiger partial charge in [0.2, 0.25) is 5.91 Å². The summed E-state index contributed by atoms with van der Waals surface area (Å²) in [5.41, 5.74) is 0.114. The van der Waals surface area contributed by atoms with E-state index in [1.165, 1.54) is 12.8 Å². The lowest BCUT2D eigenvalue weighted by molar-refractivity contribution is -0.131. The van der Waals surface area contributed by atoms with Crippen LogP contribution in [0.25, 0.3) is 0 Å². The summed E-state index contributed by atoms with van der Waals surface area (Å²) in [7, 11) is 2.20. The summed E-state index contributed by atoms with van der Waals surface area (Å²) in [6.07, 6.45) is 5.92. The number of halogens is 1. The van der Waals surface area contributed by atoms with Crippen molar-refractivity contribution in [1.29, 1.82) is 0 Å². The second-order valence-corrected chi connectivity index (χ2v) is 7.50. The van der Waals surface area contributed by atoms with E-state index in [1.807, 2.05) is 0 Å². The number of nitrogens with zero attached hydrogens (tertiary/aromatic N) is 3. The number of carbonyl (C=O) groups excluding carboxylic acids is 1. The lowest BCUT2D eigenvalue weighted by atomic mass is 9.86. The molecule has 2 saturated heterocycles. The van der Waals surface area contributed by atoms with Gasteiger partial charge in [-0.2, -0.15) is 0 Å². The third-order valence-electron chi connectivity index (χ3n) is 5.87. The van der Waals surface area contributed by atoms with E-state index in [2.05, 4.69) is 21.7 Å². The molecule has 126 valence electrons. The summed E-state index contributed by atoms with van der Waals surface area (Å²) in [6, 6.07) is 0. The molecule has 3 aliphatic rings. The third kappa shape index (κ3) is 3.62. The van der Waals surface area contributed by atoms with E-state index < -0.39 is 0 Å². The van der Waals surface area contributed by atoms with E-state index in [-0.39, 0.29) is 12.2 Å². The van der Waals surface area contributed by atoms with Gasteiger partial charge >= 0.3 is 0 Å². The average molecular weight is 311 g/mol. The molecular weight excluding hydrogens is 281 g/mol. The molecule has 2 aliphatic heterocycles. The molecule has 1 amide bonds. The number of piperazine rings is 1. The molecule has 2 heterocycles. The minimum Gasteiger partial charge on any atom is -0.342 e. The van der Waals surface area contributed by atoms with E-state index in [1.54, 1.807) is 0 Å². The summed E-state index contributed by atoms with van der Waals surface area (Å²) in [6.45, 7) is 5.55. The Hall–Kier alpha value is -0.680. The monoisotopic (exact) mass is 311 g/mol. The fourth-order valence-electron chi connectivity index (χ4n) is 4.05. The summed E-state index contributed by atoms with van der Waals surface area (Å²) in [5.74, 6) is 1.11. The Balaban J connectivity index is 1.63. The van der Waals surface area contributed by atoms with E-state index in [0.29, 0.717) is 18.7 Å². The first-order valence-corrected chi connectivity index (χ1v) is 8.90. The van der Waals surface area contributed by atoms with Gasteiger partial charge in [-0.25, -0.2) is 0 Å². The molecule has 22 heavy (non-hydrogen) atoms. The Kier molecular flexibility index (Phi) is 5.03. The molecule has 1 aliphatic carbocycles. The van der Waals surface area contributed by atoms with Crippen LogP contribution >= 0.6 is 0 Å². The molecule has 4 nitrogen and oxygen atoms in total. The lowest BCUT2D eigenvalue weighted by Crippen LogP contribution is -2.61. The molecular formula is C17H30FN3O. The SMILES string of the molecule is CN1CCN(CCCF)CC12CCC(=O)N(CC1CC1)CC2. The topological polar surface area (TPSA) is 26.8 Å². The largest absolute Gasteiger partial charge is 0.342 e. The molecule has 1 spiro atoms. The minimum absolute atomic E-state index is 0.114. The van der Waals surface area contributed by atoms with Gasteiger partial charge in [0.15, 0.2) is 0 Å². The Morgan fingerprint density at radius 3 is 2.77 bits per heavy atom. The Labute approximate surface area is 133 Å². The van der Waals surface area contributed by atoms with Crippen LogP contribution in [0, 0.1) is 5.92 Å². The molecule has 0 N–H and O–H groups in total. The van der Waals surface area contributed by atoms with Crippen molar-refractivity contribution in [3.8, 4) is 0 Å². The first-order valence-electron chi connectivity index (χ1n) is 8.90. The van der Waals surface area contributed by atoms with Crippen LogP contribution in [0.1, 0.15) is 38.5 Å². The van der Waals surface area contributed by atoms with E-state index in [9.17, 15) is 9.18 Å². The maximum Gasteiger partial charge on any atom is 0.222 e. The van der Waals surface area contributed by atoms with Crippen molar-refractivity contribution in [2.45, 2.75) is 44.1 Å². The molecule has 0 aromatic heterocycles. The van der Waals surface area contributed by atoms with Crippen LogP contribution in [-0.2, 0) is 4.79 Å². The molecule has 0 radical (unpaired) electrons. The van der Waals surface area contributed by atoms with Crippen molar-refractivity contribution in [2.24, 2.45) is 5.92 Å². The molecule has 3 rings (SSSR count). The summed E-state index contributed by atoms with van der Waals surface area (Å²) < 4.78 is 12.5. The van der Waals surface area contributed by atoms with Crippen LogP contribution in [0.15, 0.2) is 0 Å². The van der Waals surface area contributed by atoms with Gasteiger partial charge < -0.3 is 9.80 Å². The zero-order valence-electron chi connectivity index (χ0n) is 13.9. The lowest BCUT2D eigenvalue weighted by Gasteiger charge is -2.49. The molecule has 0 bridgehead atoms. The predicted octanol–water partition coefficient (Wildman–Crippen LogP) is 1.75. The van der Waals surface area contributed by atoms with Crippen molar-refractivity contribution in [3.05, 3.63) is 0 Å². The number of rotatable bonds is 5. The fourth-order valence-corrected chi connectivity index (χ4v) is 4.05. The number of likely N-dealkylation sites (N-methyl/N-ethyl adjacent to an activating group) is 1. The highest BCUT2D eigenvalue weighted by atomic mass is 19.1. The van der Waals surface area contributed by atoms with Gasteiger partial charge in [-0.1, -0.05) is 0 Å². The molecule has 0 aromatic carbocycles. The van der Waals surface area contributed by atoms with Crippen LogP contribution in [0.5, 0.6) is 0 Å². The van der Waals surface area contributed by atoms with E-state index >= 15 is 0 Å². The smallest absolute Gasteiger partial charge is 0.222 e. The zero-order chi connectivity index (χ0) is 15.6. The fraction of sp³-hybridized carbons (Fsp3) is 0.941. The third-order valence-corrected chi connectivity index (χ3v) is 5.87. The maximum absolute atomic E-state index is 12.5. The number of likely N-dealkylation sites (tertiary alicyclic amines) is 1. The molecule has 1 atom stereocenters. The molecule has 1 saturated carbocycles. The van der Waals surface area contributed by atoms with Crippen molar-refractivity contribution >= 4 is 5.91 Å². The number of carbonyl (C=O) groups is 1. The second kappa shape index (κ2) is 6.83. The van der Waals surface area contributed by atoms with Gasteiger partial charge in [0.05, 0.1) is 6.67 Å². The van der Waals surface area contributed by atoms with Gasteiger partial charge in [-0.05, 0) is 45.1 Å². The quantitative estimate of drug-likeness (QED) is 0.774. The molecule has 0 aromatic rings. The van der Waals surface area contributed by atoms with Gasteiger partial charge in [0.1, 0.15) is 0 Å². The van der Waals surface area contributed by atoms with Gasteiger partial charge in [0, 0.05) is 51.2 Å². The maximum atomic E-state index is 12.5. The van der Waals surface area contributed by atoms with Crippen molar-refractivity contribution in [3.63, 3.8) is 0 Å². The van der Waals surface area contributed by atoms with Gasteiger partial charge in [-0.15, -0.1) is 0 Å². The normalized spacial score (nSPS) is 31.7. The predicted molar refractivity (Wildman–Crippen MR) is 85.5 cm³/mol. The summed E-state index contributed by atoms with van der Waals surface area (Å²) in [5, 5.41) is 0. The van der Waals surface area contributed by atoms with Crippen molar-refractivity contribution in [2.75, 3.05) is 53.0 Å². The second-order valence-electron chi connectivity index (χ2n) is 7.50. The molecule has 5 heteroatoms. The standard InChI is InChI=1S/C17H30FN3O/c1-19-11-12-20(9-2-8-18)14-17(19)6-5-16(22)21(10-7-17)13-15-3-4-15/h15H,2-14H2,1H3. The number of alkyl halides is 1. The minimum atomic E-state index is -0.229. The highest BCUT2D eigenvalue weighted by molar-refractivity contribution is 5.76. The van der Waals surface area contributed by atoms with Crippen LogP contribution in [0.2, 0.25) is 0 Å². The highest BCUT2D eigenvalue weighted by Gasteiger charge is 2.42. The van der Waals surface area contributed by atoms with Gasteiger partial charge in [0.25, 0.3) is 0 Å². The first kappa shape index (κ1) is 16.2. The molecule has 1 unspecified atom stereocenters. The number of hydrogen-bond donors (Lipinski definition) is 0. The van der Waals surface area contributed by atoms with Crippen LogP contribution in [0.4, 0.5) is 4.39 Å². The van der Waals surface area contributed by atoms with Crippen LogP contribution < -0.4 is 0 Å². The first-order chi connectivity index (χ1) is 10.6. The molecule has 3 fully saturated rings. The van der Waals surface area contributed by atoms with E-state index in [4.69, 9.17) is 0 Å². The summed E-state index contributed by atoms with van der Waals surface area (Å²) >= 11 is 0. The van der Waals surface area contributed by atoms with Crippen molar-refractivity contribution in [1.82, 2.24) is 14.7 Å². The Morgan fingerprint density at radius 2 is 2.05 bits per heavy atom. The summed E-state index contributed by atoms with van der Waals surface area (Å²) in [4.78, 5) is 19.4. The van der Waals surface area contributed by atoms with Crippen LogP contribution in [0.3, 0.4) is 0 Å². The van der Waals surface area contributed by atoms with Crippen LogP contribution in [-0.4, -0.2) is 79.1 Å². The average Bonchev–Trinajstić information content (AvgIpc) is 3.34. The Bertz CT molecular complexity index is 399. The number of hydrogen-bond acceptors (Lipinski definition) is 3. The van der Waals surface area contributed by atoms with Crippen molar-refractivity contribution < 1.29 is 9.18 Å². The highest BCUT2D eigenvalue weighted by Crippen LogP contribution is 2.35.